The van der Waals surface area contributed by atoms with Gasteiger partial charge < -0.3 is 5.11 Å². The van der Waals surface area contributed by atoms with Gasteiger partial charge in [0.2, 0.25) is 5.13 Å². The molecule has 0 bridgehead atoms. The van der Waals surface area contributed by atoms with Crippen molar-refractivity contribution in [1.29, 1.82) is 0 Å². The van der Waals surface area contributed by atoms with E-state index in [0.717, 1.165) is 26.8 Å². The average molecular weight is 309 g/mol. The minimum absolute atomic E-state index is 0.223. The maximum absolute atomic E-state index is 9.40. The standard InChI is InChI=1S/C17H15N3OS/c1-12-16(14-7-3-2-4-8-14)19-17(22-12)20-18-11-13-6-5-9-15(21)10-13/h2-11,21H,1H3,(H,19,20)/b18-11+. The smallest absolute Gasteiger partial charge is 0.204 e. The predicted molar refractivity (Wildman–Crippen MR) is 91.6 cm³/mol. The van der Waals surface area contributed by atoms with Gasteiger partial charge in [-0.1, -0.05) is 42.5 Å². The molecule has 0 saturated carbocycles. The summed E-state index contributed by atoms with van der Waals surface area (Å²) in [6.07, 6.45) is 1.65. The number of aryl methyl sites for hydroxylation is 1. The van der Waals surface area contributed by atoms with E-state index in [2.05, 4.69) is 15.5 Å². The molecular formula is C17H15N3OS. The van der Waals surface area contributed by atoms with E-state index in [4.69, 9.17) is 0 Å². The van der Waals surface area contributed by atoms with Crippen molar-refractivity contribution < 1.29 is 5.11 Å². The van der Waals surface area contributed by atoms with E-state index in [1.807, 2.05) is 43.3 Å². The lowest BCUT2D eigenvalue weighted by Gasteiger charge is -1.97. The van der Waals surface area contributed by atoms with Gasteiger partial charge >= 0.3 is 0 Å². The van der Waals surface area contributed by atoms with Crippen LogP contribution in [-0.4, -0.2) is 16.3 Å². The second-order valence-electron chi connectivity index (χ2n) is 4.75. The molecule has 2 N–H and O–H groups in total. The van der Waals surface area contributed by atoms with Crippen LogP contribution in [-0.2, 0) is 0 Å². The SMILES string of the molecule is Cc1sc(N/N=C/c2cccc(O)c2)nc1-c1ccccc1. The molecule has 110 valence electrons. The van der Waals surface area contributed by atoms with E-state index >= 15 is 0 Å². The second-order valence-corrected chi connectivity index (χ2v) is 5.96. The van der Waals surface area contributed by atoms with Crippen molar-refractivity contribution in [2.45, 2.75) is 6.92 Å². The van der Waals surface area contributed by atoms with Crippen LogP contribution in [0.15, 0.2) is 59.7 Å². The number of aromatic hydroxyl groups is 1. The van der Waals surface area contributed by atoms with Gasteiger partial charge in [0, 0.05) is 10.4 Å². The Morgan fingerprint density at radius 3 is 2.73 bits per heavy atom. The Balaban J connectivity index is 1.74. The summed E-state index contributed by atoms with van der Waals surface area (Å²) in [5.74, 6) is 0.223. The maximum atomic E-state index is 9.40. The first kappa shape index (κ1) is 14.3. The molecule has 0 fully saturated rings. The number of phenols is 1. The molecule has 0 aliphatic carbocycles. The van der Waals surface area contributed by atoms with E-state index in [9.17, 15) is 5.11 Å². The zero-order chi connectivity index (χ0) is 15.4. The Morgan fingerprint density at radius 1 is 1.14 bits per heavy atom. The van der Waals surface area contributed by atoms with Crippen molar-refractivity contribution in [3.05, 3.63) is 65.0 Å². The van der Waals surface area contributed by atoms with Crippen molar-refractivity contribution in [2.24, 2.45) is 5.10 Å². The minimum atomic E-state index is 0.223. The first-order chi connectivity index (χ1) is 10.7. The number of thiazole rings is 1. The van der Waals surface area contributed by atoms with Gasteiger partial charge in [0.1, 0.15) is 5.75 Å². The fourth-order valence-electron chi connectivity index (χ4n) is 2.08. The molecule has 0 aliphatic rings. The highest BCUT2D eigenvalue weighted by Crippen LogP contribution is 2.30. The van der Waals surface area contributed by atoms with Crippen LogP contribution in [0.25, 0.3) is 11.3 Å². The predicted octanol–water partition coefficient (Wildman–Crippen LogP) is 4.27. The average Bonchev–Trinajstić information content (AvgIpc) is 2.89. The first-order valence-electron chi connectivity index (χ1n) is 6.83. The van der Waals surface area contributed by atoms with Crippen LogP contribution in [0.4, 0.5) is 5.13 Å². The number of nitrogens with one attached hydrogen (secondary N) is 1. The monoisotopic (exact) mass is 309 g/mol. The van der Waals surface area contributed by atoms with E-state index in [1.54, 1.807) is 35.8 Å². The number of nitrogens with zero attached hydrogens (tertiary/aromatic N) is 2. The van der Waals surface area contributed by atoms with Crippen molar-refractivity contribution in [1.82, 2.24) is 4.98 Å². The number of phenolic OH excluding ortho intramolecular Hbond substituents is 1. The van der Waals surface area contributed by atoms with E-state index in [1.165, 1.54) is 0 Å². The Bertz CT molecular complexity index is 797. The third-order valence-electron chi connectivity index (χ3n) is 3.09. The quantitative estimate of drug-likeness (QED) is 0.559. The van der Waals surface area contributed by atoms with Gasteiger partial charge in [-0.15, -0.1) is 11.3 Å². The van der Waals surface area contributed by atoms with Crippen molar-refractivity contribution in [2.75, 3.05) is 5.43 Å². The fourth-order valence-corrected chi connectivity index (χ4v) is 2.86. The molecule has 4 nitrogen and oxygen atoms in total. The normalized spacial score (nSPS) is 11.0. The zero-order valence-corrected chi connectivity index (χ0v) is 12.8. The molecule has 0 radical (unpaired) electrons. The van der Waals surface area contributed by atoms with E-state index < -0.39 is 0 Å². The molecule has 5 heteroatoms. The van der Waals surface area contributed by atoms with Gasteiger partial charge in [-0.05, 0) is 24.6 Å². The number of rotatable bonds is 4. The van der Waals surface area contributed by atoms with Crippen LogP contribution in [0.2, 0.25) is 0 Å². The number of benzene rings is 2. The lowest BCUT2D eigenvalue weighted by atomic mass is 10.1. The lowest BCUT2D eigenvalue weighted by molar-refractivity contribution is 0.475. The molecule has 0 unspecified atom stereocenters. The summed E-state index contributed by atoms with van der Waals surface area (Å²) in [4.78, 5) is 5.71. The number of aromatic nitrogens is 1. The Morgan fingerprint density at radius 2 is 1.95 bits per heavy atom. The highest BCUT2D eigenvalue weighted by atomic mass is 32.1. The molecule has 22 heavy (non-hydrogen) atoms. The van der Waals surface area contributed by atoms with Crippen LogP contribution in [0, 0.1) is 6.92 Å². The van der Waals surface area contributed by atoms with Crippen LogP contribution in [0.3, 0.4) is 0 Å². The summed E-state index contributed by atoms with van der Waals surface area (Å²) >= 11 is 1.56. The van der Waals surface area contributed by atoms with Gasteiger partial charge in [0.25, 0.3) is 0 Å². The minimum Gasteiger partial charge on any atom is -0.508 e. The third kappa shape index (κ3) is 3.32. The highest BCUT2D eigenvalue weighted by Gasteiger charge is 2.08. The summed E-state index contributed by atoms with van der Waals surface area (Å²) in [6.45, 7) is 2.05. The Labute approximate surface area is 132 Å². The van der Waals surface area contributed by atoms with Crippen LogP contribution < -0.4 is 5.43 Å². The molecule has 1 heterocycles. The van der Waals surface area contributed by atoms with Crippen molar-refractivity contribution in [3.63, 3.8) is 0 Å². The second kappa shape index (κ2) is 6.41. The van der Waals surface area contributed by atoms with E-state index in [0.29, 0.717) is 0 Å². The topological polar surface area (TPSA) is 57.5 Å². The summed E-state index contributed by atoms with van der Waals surface area (Å²) in [7, 11) is 0. The van der Waals surface area contributed by atoms with Gasteiger partial charge in [0.15, 0.2) is 0 Å². The molecule has 3 rings (SSSR count). The van der Waals surface area contributed by atoms with Crippen LogP contribution >= 0.6 is 11.3 Å². The molecule has 0 amide bonds. The largest absolute Gasteiger partial charge is 0.508 e. The fraction of sp³-hybridized carbons (Fsp3) is 0.0588. The van der Waals surface area contributed by atoms with Crippen LogP contribution in [0.1, 0.15) is 10.4 Å². The lowest BCUT2D eigenvalue weighted by Crippen LogP contribution is -1.90. The maximum Gasteiger partial charge on any atom is 0.204 e. The molecule has 2 aromatic carbocycles. The molecule has 1 aromatic heterocycles. The third-order valence-corrected chi connectivity index (χ3v) is 3.96. The van der Waals surface area contributed by atoms with Gasteiger partial charge in [-0.3, -0.25) is 5.43 Å². The summed E-state index contributed by atoms with van der Waals surface area (Å²) in [5, 5.41) is 14.3. The molecule has 0 atom stereocenters. The Kier molecular flexibility index (Phi) is 4.16. The number of hydrazone groups is 1. The number of anilines is 1. The van der Waals surface area contributed by atoms with E-state index in [-0.39, 0.29) is 5.75 Å². The summed E-state index contributed by atoms with van der Waals surface area (Å²) < 4.78 is 0. The van der Waals surface area contributed by atoms with Crippen molar-refractivity contribution >= 4 is 22.7 Å². The van der Waals surface area contributed by atoms with Gasteiger partial charge in [-0.2, -0.15) is 5.10 Å². The molecule has 0 spiro atoms. The van der Waals surface area contributed by atoms with Gasteiger partial charge in [-0.25, -0.2) is 4.98 Å². The number of hydrogen-bond donors (Lipinski definition) is 2. The zero-order valence-electron chi connectivity index (χ0n) is 12.0. The summed E-state index contributed by atoms with van der Waals surface area (Å²) in [6, 6.07) is 17.0. The summed E-state index contributed by atoms with van der Waals surface area (Å²) in [5.41, 5.74) is 5.83. The highest BCUT2D eigenvalue weighted by molar-refractivity contribution is 7.15. The Hall–Kier alpha value is -2.66. The molecular weight excluding hydrogens is 294 g/mol. The number of hydrogen-bond acceptors (Lipinski definition) is 5. The first-order valence-corrected chi connectivity index (χ1v) is 7.65. The molecule has 0 aliphatic heterocycles. The molecule has 0 saturated heterocycles. The van der Waals surface area contributed by atoms with Gasteiger partial charge in [0.05, 0.1) is 11.9 Å². The molecule has 3 aromatic rings. The van der Waals surface area contributed by atoms with Crippen molar-refractivity contribution in [3.8, 4) is 17.0 Å². The van der Waals surface area contributed by atoms with Crippen LogP contribution in [0.5, 0.6) is 5.75 Å².